The predicted molar refractivity (Wildman–Crippen MR) is 314 cm³/mol. The van der Waals surface area contributed by atoms with E-state index in [4.69, 9.17) is 43.3 Å². The Labute approximate surface area is 543 Å². The number of amides is 2. The number of ether oxygens (including phenoxy) is 6. The van der Waals surface area contributed by atoms with Gasteiger partial charge in [-0.25, -0.2) is 4.98 Å². The number of carboxylic acids is 4. The summed E-state index contributed by atoms with van der Waals surface area (Å²) < 4.78 is 108. The summed E-state index contributed by atoms with van der Waals surface area (Å²) in [7, 11) is 0. The zero-order valence-corrected chi connectivity index (χ0v) is 54.8. The third-order valence-corrected chi connectivity index (χ3v) is 14.0. The minimum Gasteiger partial charge on any atom is -0.549 e. The van der Waals surface area contributed by atoms with Crippen LogP contribution in [0.4, 0.5) is 32.0 Å². The van der Waals surface area contributed by atoms with Gasteiger partial charge in [0.2, 0.25) is 5.91 Å². The second kappa shape index (κ2) is 42.2. The van der Waals surface area contributed by atoms with E-state index in [1.54, 1.807) is 21.6 Å². The SMILES string of the molecule is CCOc1ccc(C(=O)N2CCN(c3ccc(-c4ccccc4OCC)nc3CNCCCOCCOCCOCCOCCNC(=O)CN3CCN(CC(=O)[O-])CCN(CC(=O)[O-])CCN(CC(=O)O)CC3)[C@H](CC)C2)c(C(F)(F)F)c1.O=C([O-])C(F)(F)F.[In+3]. The number of halogens is 6. The number of carbonyl (C=O) groups is 6. The number of nitrogens with one attached hydrogen (secondary N) is 2. The third-order valence-electron chi connectivity index (χ3n) is 14.0. The number of hydrogen-bond acceptors (Lipinski definition) is 22. The number of benzene rings is 2. The predicted octanol–water partition coefficient (Wildman–Crippen LogP) is -0.308. The number of hydrogen-bond donors (Lipinski definition) is 3. The van der Waals surface area contributed by atoms with E-state index in [0.717, 1.165) is 28.7 Å². The summed E-state index contributed by atoms with van der Waals surface area (Å²) in [5.74, 6) is -6.85. The van der Waals surface area contributed by atoms with Crippen molar-refractivity contribution in [2.75, 3.05) is 182 Å². The van der Waals surface area contributed by atoms with Crippen LogP contribution in [0.3, 0.4) is 0 Å². The molecule has 2 amide bonds. The first kappa shape index (κ1) is 79.1. The van der Waals surface area contributed by atoms with Crippen LogP contribution in [0.1, 0.15) is 55.2 Å². The minimum atomic E-state index is -5.19. The zero-order chi connectivity index (χ0) is 66.1. The van der Waals surface area contributed by atoms with E-state index < -0.39 is 53.3 Å². The van der Waals surface area contributed by atoms with Gasteiger partial charge in [-0.15, -0.1) is 0 Å². The van der Waals surface area contributed by atoms with Gasteiger partial charge in [0.05, 0.1) is 113 Å². The van der Waals surface area contributed by atoms with Gasteiger partial charge in [-0.3, -0.25) is 34.0 Å². The van der Waals surface area contributed by atoms with Gasteiger partial charge >= 0.3 is 44.2 Å². The summed E-state index contributed by atoms with van der Waals surface area (Å²) in [6.07, 6.45) is -8.61. The van der Waals surface area contributed by atoms with Crippen LogP contribution < -0.4 is 40.3 Å². The monoisotopic (exact) mass is 1400 g/mol. The smallest absolute Gasteiger partial charge is 0.549 e. The molecule has 5 rings (SSSR count). The fourth-order valence-electron chi connectivity index (χ4n) is 9.63. The van der Waals surface area contributed by atoms with E-state index in [9.17, 15) is 65.6 Å². The molecule has 2 aliphatic rings. The second-order valence-corrected chi connectivity index (χ2v) is 20.6. The topological polar surface area (TPSA) is 304 Å². The van der Waals surface area contributed by atoms with Crippen LogP contribution in [0, 0.1) is 0 Å². The molecule has 0 bridgehead atoms. The normalized spacial score (nSPS) is 15.9. The average molecular weight is 1400 g/mol. The van der Waals surface area contributed by atoms with Crippen LogP contribution in [-0.4, -0.2) is 286 Å². The molecule has 504 valence electrons. The number of aliphatic carboxylic acids is 4. The molecule has 0 radical (unpaired) electrons. The Morgan fingerprint density at radius 1 is 0.637 bits per heavy atom. The Hall–Kier alpha value is -6.10. The van der Waals surface area contributed by atoms with Crippen LogP contribution in [0.5, 0.6) is 11.5 Å². The third kappa shape index (κ3) is 30.0. The number of para-hydroxylation sites is 1. The van der Waals surface area contributed by atoms with Crippen molar-refractivity contribution in [2.24, 2.45) is 0 Å². The van der Waals surface area contributed by atoms with Crippen LogP contribution in [0.15, 0.2) is 54.6 Å². The van der Waals surface area contributed by atoms with Gasteiger partial charge in [0, 0.05) is 116 Å². The molecule has 2 aromatic carbocycles. The van der Waals surface area contributed by atoms with Crippen LogP contribution in [0.2, 0.25) is 0 Å². The first-order chi connectivity index (χ1) is 42.9. The van der Waals surface area contributed by atoms with Crippen molar-refractivity contribution >= 4 is 67.2 Å². The number of anilines is 1. The van der Waals surface area contributed by atoms with Crippen molar-refractivity contribution in [2.45, 2.75) is 58.6 Å². The molecule has 3 N–H and O–H groups in total. The fourth-order valence-corrected chi connectivity index (χ4v) is 9.63. The maximum atomic E-state index is 14.2. The molecule has 2 aliphatic heterocycles. The van der Waals surface area contributed by atoms with E-state index >= 15 is 0 Å². The molecule has 32 heteroatoms. The molecular formula is C59H82F6InN9O16. The minimum absolute atomic E-state index is 0. The Balaban J connectivity index is 0.00000255. The number of pyridine rings is 1. The van der Waals surface area contributed by atoms with Crippen molar-refractivity contribution in [1.82, 2.24) is 40.1 Å². The molecule has 0 aliphatic carbocycles. The van der Waals surface area contributed by atoms with E-state index in [2.05, 4.69) is 15.5 Å². The summed E-state index contributed by atoms with van der Waals surface area (Å²) in [4.78, 5) is 85.3. The maximum absolute atomic E-state index is 14.2. The number of carbonyl (C=O) groups excluding carboxylic acids is 5. The van der Waals surface area contributed by atoms with E-state index in [-0.39, 0.29) is 142 Å². The van der Waals surface area contributed by atoms with Crippen LogP contribution in [0.25, 0.3) is 11.3 Å². The number of alkyl halides is 6. The number of piperazine rings is 1. The van der Waals surface area contributed by atoms with Gasteiger partial charge in [0.25, 0.3) is 5.91 Å². The molecule has 0 spiro atoms. The summed E-state index contributed by atoms with van der Waals surface area (Å²) in [6, 6.07) is 14.9. The molecule has 1 aromatic heterocycles. The van der Waals surface area contributed by atoms with Crippen molar-refractivity contribution in [3.05, 3.63) is 71.4 Å². The summed E-state index contributed by atoms with van der Waals surface area (Å²) >= 11 is 0. The standard InChI is InChI=1S/C57H84F3N9O14.C2HF3O2.In/c1-4-43-38-68(56(77)45-13-12-44(82-5-2)36-47(45)57(58,59)60)26-27-69(43)50-15-14-48(46-10-7-8-11-51(46)83-6-3)63-49(50)37-61-16-9-28-78-30-32-80-34-35-81-33-31-79-29-17-62-52(70)39-64-18-20-65(40-53(71)72)22-24-67(42-55(75)76)25-23-66(21-19-64)41-54(73)74;3-2(4,5)1(6)7;/h7-8,10-15,36,43,61H,4-6,9,16-35,37-42H2,1-3H3,(H,62,70)(H,71,72)(H,73,74)(H,75,76);(H,6,7);/q;;+3/p-3/t43-;;/m1../s1. The van der Waals surface area contributed by atoms with Crippen molar-refractivity contribution < 1.29 is 104 Å². The fraction of sp³-hybridized carbons (Fsp3) is 0.610. The Morgan fingerprint density at radius 3 is 1.68 bits per heavy atom. The molecule has 2 fully saturated rings. The van der Waals surface area contributed by atoms with Gasteiger partial charge in [-0.1, -0.05) is 19.1 Å². The molecule has 3 heterocycles. The van der Waals surface area contributed by atoms with E-state index in [1.165, 1.54) is 17.0 Å². The van der Waals surface area contributed by atoms with Crippen LogP contribution >= 0.6 is 0 Å². The number of carboxylic acid groups (broad SMARTS) is 4. The number of nitrogens with zero attached hydrogens (tertiary/aromatic N) is 7. The van der Waals surface area contributed by atoms with Gasteiger partial charge in [0.15, 0.2) is 0 Å². The van der Waals surface area contributed by atoms with Crippen molar-refractivity contribution in [3.63, 3.8) is 0 Å². The molecule has 0 unspecified atom stereocenters. The Bertz CT molecular complexity index is 2680. The summed E-state index contributed by atoms with van der Waals surface area (Å²) in [5, 5.41) is 47.3. The second-order valence-electron chi connectivity index (χ2n) is 20.6. The van der Waals surface area contributed by atoms with Crippen molar-refractivity contribution in [3.8, 4) is 22.8 Å². The average Bonchev–Trinajstić information content (AvgIpc) is 0.913. The van der Waals surface area contributed by atoms with E-state index in [0.29, 0.717) is 104 Å². The van der Waals surface area contributed by atoms with E-state index in [1.807, 2.05) is 55.1 Å². The molecule has 91 heavy (non-hydrogen) atoms. The summed E-state index contributed by atoms with van der Waals surface area (Å²) in [5.41, 5.74) is 1.78. The Kier molecular flexibility index (Phi) is 36.7. The number of aromatic nitrogens is 1. The Morgan fingerprint density at radius 2 is 1.16 bits per heavy atom. The van der Waals surface area contributed by atoms with Crippen molar-refractivity contribution in [1.29, 1.82) is 0 Å². The quantitative estimate of drug-likeness (QED) is 0.0510. The molecule has 0 saturated carbocycles. The molecule has 3 aromatic rings. The zero-order valence-electron chi connectivity index (χ0n) is 51.5. The first-order valence-corrected chi connectivity index (χ1v) is 29.6. The van der Waals surface area contributed by atoms with Crippen LogP contribution in [-0.2, 0) is 55.6 Å². The first-order valence-electron chi connectivity index (χ1n) is 29.6. The molecular weight excluding hydrogens is 1320 g/mol. The van der Waals surface area contributed by atoms with Gasteiger partial charge < -0.3 is 83.7 Å². The summed E-state index contributed by atoms with van der Waals surface area (Å²) in [6.45, 7) is 12.1. The van der Waals surface area contributed by atoms with Gasteiger partial charge in [0.1, 0.15) is 17.5 Å². The van der Waals surface area contributed by atoms with Gasteiger partial charge in [-0.2, -0.15) is 26.3 Å². The molecule has 1 atom stereocenters. The van der Waals surface area contributed by atoms with Gasteiger partial charge in [-0.05, 0) is 75.7 Å². The number of rotatable bonds is 34. The largest absolute Gasteiger partial charge is 3.00 e. The molecule has 2 saturated heterocycles. The molecule has 25 nitrogen and oxygen atoms in total. The maximum Gasteiger partial charge on any atom is 3.00 e.